The third-order valence-electron chi connectivity index (χ3n) is 6.58. The third kappa shape index (κ3) is 3.40. The fourth-order valence-corrected chi connectivity index (χ4v) is 4.68. The molecule has 0 radical (unpaired) electrons. The van der Waals surface area contributed by atoms with Crippen LogP contribution in [0.3, 0.4) is 0 Å². The molecule has 2 N–H and O–H groups in total. The Bertz CT molecular complexity index is 1260. The molecule has 1 aromatic heterocycles. The number of fused-ring (bicyclic) bond motifs is 1. The van der Waals surface area contributed by atoms with Gasteiger partial charge < -0.3 is 15.1 Å². The summed E-state index contributed by atoms with van der Waals surface area (Å²) in [7, 11) is 0. The highest BCUT2D eigenvalue weighted by atomic mass is 19.1. The van der Waals surface area contributed by atoms with E-state index in [1.54, 1.807) is 6.07 Å². The van der Waals surface area contributed by atoms with Crippen LogP contribution in [0.15, 0.2) is 46.9 Å². The van der Waals surface area contributed by atoms with E-state index in [4.69, 9.17) is 4.42 Å². The van der Waals surface area contributed by atoms with Crippen LogP contribution in [0.25, 0.3) is 0 Å². The quantitative estimate of drug-likeness (QED) is 0.610. The number of furan rings is 1. The van der Waals surface area contributed by atoms with Gasteiger partial charge in [0.25, 0.3) is 0 Å². The van der Waals surface area contributed by atoms with Crippen molar-refractivity contribution in [3.63, 3.8) is 0 Å². The first-order chi connectivity index (χ1) is 15.3. The molecule has 2 aliphatic rings. The number of nitrogens with one attached hydrogen (secondary N) is 2. The molecular formula is C26H25FN2O3. The molecule has 1 fully saturated rings. The summed E-state index contributed by atoms with van der Waals surface area (Å²) in [5, 5.41) is 5.74. The number of carbonyl (C=O) groups excluding carboxylic acids is 2. The first kappa shape index (κ1) is 20.5. The molecule has 6 heteroatoms. The second-order valence-corrected chi connectivity index (χ2v) is 9.01. The lowest BCUT2D eigenvalue weighted by Gasteiger charge is -2.24. The maximum Gasteiger partial charge on any atom is 0.231 e. The van der Waals surface area contributed by atoms with Crippen molar-refractivity contribution in [1.82, 2.24) is 5.32 Å². The van der Waals surface area contributed by atoms with Gasteiger partial charge in [-0.2, -0.15) is 0 Å². The van der Waals surface area contributed by atoms with Crippen molar-refractivity contribution >= 4 is 17.5 Å². The van der Waals surface area contributed by atoms with Crippen LogP contribution in [0.5, 0.6) is 0 Å². The molecule has 0 spiro atoms. The van der Waals surface area contributed by atoms with E-state index in [1.807, 2.05) is 45.0 Å². The molecule has 32 heavy (non-hydrogen) atoms. The molecule has 2 aromatic carbocycles. The lowest BCUT2D eigenvalue weighted by molar-refractivity contribution is -0.124. The highest BCUT2D eigenvalue weighted by molar-refractivity contribution is 6.00. The van der Waals surface area contributed by atoms with Gasteiger partial charge in [0, 0.05) is 0 Å². The van der Waals surface area contributed by atoms with Gasteiger partial charge >= 0.3 is 0 Å². The number of halogens is 1. The first-order valence-electron chi connectivity index (χ1n) is 10.8. The van der Waals surface area contributed by atoms with Crippen molar-refractivity contribution in [3.8, 4) is 0 Å². The number of rotatable bonds is 5. The Morgan fingerprint density at radius 1 is 1.12 bits per heavy atom. The fraction of sp³-hybridized carbons (Fsp3) is 0.308. The second kappa shape index (κ2) is 7.33. The summed E-state index contributed by atoms with van der Waals surface area (Å²) in [5.74, 6) is 0.549. The molecule has 2 amide bonds. The van der Waals surface area contributed by atoms with Gasteiger partial charge in [0.1, 0.15) is 23.4 Å². The third-order valence-corrected chi connectivity index (χ3v) is 6.58. The predicted molar refractivity (Wildman–Crippen MR) is 119 cm³/mol. The molecule has 1 atom stereocenters. The zero-order valence-corrected chi connectivity index (χ0v) is 18.3. The SMILES string of the molecule is Cc1ccc(C(NC(=O)C2(c3cc(F)c4c(c3)CC(=O)N4)CC2)c2ccc(C)o2)c(C)c1. The maximum absolute atomic E-state index is 14.7. The Morgan fingerprint density at radius 3 is 2.56 bits per heavy atom. The number of anilines is 1. The minimum atomic E-state index is -0.792. The van der Waals surface area contributed by atoms with Crippen LogP contribution >= 0.6 is 0 Å². The lowest BCUT2D eigenvalue weighted by atomic mass is 9.91. The van der Waals surface area contributed by atoms with Crippen molar-refractivity contribution in [3.05, 3.63) is 87.6 Å². The van der Waals surface area contributed by atoms with Gasteiger partial charge in [0.2, 0.25) is 11.8 Å². The van der Waals surface area contributed by atoms with E-state index in [-0.39, 0.29) is 23.9 Å². The Morgan fingerprint density at radius 2 is 1.91 bits per heavy atom. The summed E-state index contributed by atoms with van der Waals surface area (Å²) in [6.45, 7) is 5.92. The van der Waals surface area contributed by atoms with Gasteiger partial charge in [-0.05, 0) is 74.1 Å². The molecular weight excluding hydrogens is 407 g/mol. The average molecular weight is 432 g/mol. The van der Waals surface area contributed by atoms with E-state index in [0.717, 1.165) is 22.5 Å². The molecule has 1 unspecified atom stereocenters. The molecule has 1 aliphatic heterocycles. The number of aryl methyl sites for hydroxylation is 3. The van der Waals surface area contributed by atoms with E-state index >= 15 is 0 Å². The smallest absolute Gasteiger partial charge is 0.231 e. The number of hydrogen-bond acceptors (Lipinski definition) is 3. The second-order valence-electron chi connectivity index (χ2n) is 9.01. The monoisotopic (exact) mass is 432 g/mol. The predicted octanol–water partition coefficient (Wildman–Crippen LogP) is 4.78. The molecule has 164 valence electrons. The Kier molecular flexibility index (Phi) is 4.69. The van der Waals surface area contributed by atoms with Crippen LogP contribution < -0.4 is 10.6 Å². The standard InChI is InChI=1S/C26H25FN2O3/c1-14-4-6-19(15(2)10-14)24(21-7-5-16(3)32-21)29-25(31)26(8-9-26)18-11-17-12-22(30)28-23(17)20(27)13-18/h4-7,10-11,13,24H,8-9,12H2,1-3H3,(H,28,30)(H,29,31). The largest absolute Gasteiger partial charge is 0.464 e. The van der Waals surface area contributed by atoms with E-state index in [0.29, 0.717) is 29.7 Å². The topological polar surface area (TPSA) is 71.3 Å². The number of hydrogen-bond donors (Lipinski definition) is 2. The van der Waals surface area contributed by atoms with Gasteiger partial charge in [-0.15, -0.1) is 0 Å². The molecule has 5 rings (SSSR count). The van der Waals surface area contributed by atoms with Crippen LogP contribution in [-0.4, -0.2) is 11.8 Å². The summed E-state index contributed by atoms with van der Waals surface area (Å²) in [5.41, 5.74) is 3.83. The Labute approximate surface area is 186 Å². The normalized spacial score (nSPS) is 16.9. The summed E-state index contributed by atoms with van der Waals surface area (Å²) in [6.07, 6.45) is 1.40. The van der Waals surface area contributed by atoms with E-state index in [1.165, 1.54) is 6.07 Å². The molecule has 2 heterocycles. The Hall–Kier alpha value is -3.41. The minimum Gasteiger partial charge on any atom is -0.464 e. The molecule has 1 aliphatic carbocycles. The van der Waals surface area contributed by atoms with Crippen LogP contribution in [0, 0.1) is 26.6 Å². The fourth-order valence-electron chi connectivity index (χ4n) is 4.68. The summed E-state index contributed by atoms with van der Waals surface area (Å²) >= 11 is 0. The lowest BCUT2D eigenvalue weighted by Crippen LogP contribution is -2.38. The van der Waals surface area contributed by atoms with E-state index in [2.05, 4.69) is 16.7 Å². The Balaban J connectivity index is 1.50. The zero-order valence-electron chi connectivity index (χ0n) is 18.3. The van der Waals surface area contributed by atoms with E-state index in [9.17, 15) is 14.0 Å². The van der Waals surface area contributed by atoms with Gasteiger partial charge in [0.15, 0.2) is 0 Å². The summed E-state index contributed by atoms with van der Waals surface area (Å²) in [6, 6.07) is 12.6. The van der Waals surface area contributed by atoms with Crippen LogP contribution in [-0.2, 0) is 21.4 Å². The summed E-state index contributed by atoms with van der Waals surface area (Å²) < 4.78 is 20.6. The van der Waals surface area contributed by atoms with Gasteiger partial charge in [0.05, 0.1) is 17.5 Å². The van der Waals surface area contributed by atoms with Gasteiger partial charge in [-0.1, -0.05) is 29.8 Å². The van der Waals surface area contributed by atoms with Crippen molar-refractivity contribution in [2.75, 3.05) is 5.32 Å². The number of amides is 2. The molecule has 5 nitrogen and oxygen atoms in total. The number of carbonyl (C=O) groups is 2. The zero-order chi connectivity index (χ0) is 22.6. The maximum atomic E-state index is 14.7. The highest BCUT2D eigenvalue weighted by Gasteiger charge is 2.52. The average Bonchev–Trinajstić information content (AvgIpc) is 3.30. The summed E-state index contributed by atoms with van der Waals surface area (Å²) in [4.78, 5) is 25.3. The van der Waals surface area contributed by atoms with Crippen molar-refractivity contribution < 1.29 is 18.4 Å². The van der Waals surface area contributed by atoms with Gasteiger partial charge in [-0.3, -0.25) is 9.59 Å². The molecule has 3 aromatic rings. The van der Waals surface area contributed by atoms with Crippen molar-refractivity contribution in [1.29, 1.82) is 0 Å². The van der Waals surface area contributed by atoms with E-state index < -0.39 is 17.3 Å². The van der Waals surface area contributed by atoms with Crippen LogP contribution in [0.4, 0.5) is 10.1 Å². The first-order valence-corrected chi connectivity index (χ1v) is 10.8. The van der Waals surface area contributed by atoms with Crippen LogP contribution in [0.1, 0.15) is 58.2 Å². The molecule has 0 bridgehead atoms. The molecule has 1 saturated carbocycles. The van der Waals surface area contributed by atoms with Crippen LogP contribution in [0.2, 0.25) is 0 Å². The highest BCUT2D eigenvalue weighted by Crippen LogP contribution is 2.50. The van der Waals surface area contributed by atoms with Crippen molar-refractivity contribution in [2.45, 2.75) is 51.5 Å². The van der Waals surface area contributed by atoms with Gasteiger partial charge in [-0.25, -0.2) is 4.39 Å². The molecule has 0 saturated heterocycles. The van der Waals surface area contributed by atoms with Crippen molar-refractivity contribution in [2.24, 2.45) is 0 Å². The number of benzene rings is 2. The minimum absolute atomic E-state index is 0.134.